The standard InChI is InChI=1S/C37H57N3O/c1(2-4-6-10-14-21-33-23-19-28-38-31-33)3-5-9-13-17-30-40-36-26-18-25-35(36)37(41-40)27-16-12-8-7-11-15-22-34-24-20-29-39-32-34/h5,9,19-20,23-24,28-29,31-32,35-37H,1-4,6-8,10-18,21-22,25-27,30H2/t35-,36+,37-/m0/s1. The van der Waals surface area contributed by atoms with Crippen LogP contribution < -0.4 is 0 Å². The van der Waals surface area contributed by atoms with Crippen LogP contribution in [0.25, 0.3) is 0 Å². The van der Waals surface area contributed by atoms with Crippen LogP contribution in [0.3, 0.4) is 0 Å². The third-order valence-corrected chi connectivity index (χ3v) is 9.30. The van der Waals surface area contributed by atoms with E-state index in [2.05, 4.69) is 39.3 Å². The molecule has 4 rings (SSSR count). The second-order valence-electron chi connectivity index (χ2n) is 12.6. The van der Waals surface area contributed by atoms with Gasteiger partial charge in [0.1, 0.15) is 0 Å². The largest absolute Gasteiger partial charge is 0.295 e. The molecule has 2 aliphatic rings. The molecule has 1 aliphatic heterocycles. The van der Waals surface area contributed by atoms with Crippen molar-refractivity contribution in [2.24, 2.45) is 5.92 Å². The van der Waals surface area contributed by atoms with Crippen LogP contribution in [-0.4, -0.2) is 33.7 Å². The molecule has 2 aromatic rings. The summed E-state index contributed by atoms with van der Waals surface area (Å²) in [6.07, 6.45) is 40.6. The summed E-state index contributed by atoms with van der Waals surface area (Å²) in [5.74, 6) is 0.792. The van der Waals surface area contributed by atoms with Gasteiger partial charge in [0, 0.05) is 43.3 Å². The number of allylic oxidation sites excluding steroid dienone is 2. The molecule has 1 saturated heterocycles. The van der Waals surface area contributed by atoms with Gasteiger partial charge in [-0.1, -0.05) is 88.5 Å². The summed E-state index contributed by atoms with van der Waals surface area (Å²) in [5.41, 5.74) is 2.75. The summed E-state index contributed by atoms with van der Waals surface area (Å²) in [5, 5.41) is 2.41. The highest BCUT2D eigenvalue weighted by Gasteiger charge is 2.44. The lowest BCUT2D eigenvalue weighted by Gasteiger charge is -2.21. The normalized spacial score (nSPS) is 20.7. The number of nitrogens with zero attached hydrogens (tertiary/aromatic N) is 3. The number of hydroxylamine groups is 2. The Bertz CT molecular complexity index is 934. The smallest absolute Gasteiger partial charge is 0.0837 e. The van der Waals surface area contributed by atoms with E-state index in [4.69, 9.17) is 4.84 Å². The Morgan fingerprint density at radius 2 is 1.27 bits per heavy atom. The van der Waals surface area contributed by atoms with Crippen LogP contribution in [-0.2, 0) is 17.7 Å². The fourth-order valence-electron chi connectivity index (χ4n) is 6.95. The number of pyridine rings is 2. The first-order valence-corrected chi connectivity index (χ1v) is 17.3. The van der Waals surface area contributed by atoms with Crippen molar-refractivity contribution in [3.8, 4) is 0 Å². The number of hydrogen-bond donors (Lipinski definition) is 0. The predicted molar refractivity (Wildman–Crippen MR) is 172 cm³/mol. The molecule has 4 heteroatoms. The second kappa shape index (κ2) is 20.0. The number of aromatic nitrogens is 2. The van der Waals surface area contributed by atoms with Crippen molar-refractivity contribution in [1.29, 1.82) is 0 Å². The summed E-state index contributed by atoms with van der Waals surface area (Å²) in [6, 6.07) is 9.17. The number of unbranched alkanes of at least 4 members (excludes halogenated alkanes) is 12. The Hall–Kier alpha value is -2.04. The van der Waals surface area contributed by atoms with Crippen molar-refractivity contribution >= 4 is 0 Å². The Morgan fingerprint density at radius 3 is 1.90 bits per heavy atom. The van der Waals surface area contributed by atoms with Crippen molar-refractivity contribution in [3.63, 3.8) is 0 Å². The summed E-state index contributed by atoms with van der Waals surface area (Å²) in [6.45, 7) is 1.11. The molecule has 4 nitrogen and oxygen atoms in total. The zero-order chi connectivity index (χ0) is 28.2. The van der Waals surface area contributed by atoms with Gasteiger partial charge in [-0.2, -0.15) is 5.06 Å². The van der Waals surface area contributed by atoms with Crippen LogP contribution in [0.15, 0.2) is 61.2 Å². The highest BCUT2D eigenvalue weighted by molar-refractivity contribution is 5.08. The van der Waals surface area contributed by atoms with E-state index in [1.165, 1.54) is 146 Å². The summed E-state index contributed by atoms with van der Waals surface area (Å²) >= 11 is 0. The van der Waals surface area contributed by atoms with Crippen LogP contribution in [0.2, 0.25) is 0 Å². The Morgan fingerprint density at radius 1 is 0.683 bits per heavy atom. The summed E-state index contributed by atoms with van der Waals surface area (Å²) in [7, 11) is 0. The second-order valence-corrected chi connectivity index (χ2v) is 12.6. The monoisotopic (exact) mass is 559 g/mol. The number of rotatable bonds is 22. The molecule has 2 fully saturated rings. The highest BCUT2D eigenvalue weighted by atomic mass is 16.7. The highest BCUT2D eigenvalue weighted by Crippen LogP contribution is 2.41. The van der Waals surface area contributed by atoms with E-state index < -0.39 is 0 Å². The van der Waals surface area contributed by atoms with Crippen molar-refractivity contribution in [3.05, 3.63) is 72.3 Å². The Labute approximate surface area is 251 Å². The van der Waals surface area contributed by atoms with E-state index in [1.54, 1.807) is 0 Å². The molecule has 0 radical (unpaired) electrons. The van der Waals surface area contributed by atoms with Gasteiger partial charge in [-0.25, -0.2) is 0 Å². The van der Waals surface area contributed by atoms with Gasteiger partial charge < -0.3 is 0 Å². The minimum Gasteiger partial charge on any atom is -0.295 e. The van der Waals surface area contributed by atoms with Gasteiger partial charge in [-0.05, 0) is 93.9 Å². The molecule has 3 heterocycles. The molecular weight excluding hydrogens is 502 g/mol. The summed E-state index contributed by atoms with van der Waals surface area (Å²) in [4.78, 5) is 15.0. The zero-order valence-electron chi connectivity index (χ0n) is 25.8. The van der Waals surface area contributed by atoms with Crippen LogP contribution in [0.5, 0.6) is 0 Å². The van der Waals surface area contributed by atoms with Crippen molar-refractivity contribution in [2.75, 3.05) is 6.54 Å². The lowest BCUT2D eigenvalue weighted by molar-refractivity contribution is -0.166. The molecule has 0 bridgehead atoms. The van der Waals surface area contributed by atoms with Crippen LogP contribution in [0.4, 0.5) is 0 Å². The molecule has 0 spiro atoms. The van der Waals surface area contributed by atoms with Gasteiger partial charge in [0.25, 0.3) is 0 Å². The van der Waals surface area contributed by atoms with Crippen LogP contribution >= 0.6 is 0 Å². The SMILES string of the molecule is C(=CCCCN1O[C@@H](CCCCCCCCc2cccnc2)[C@H]2CCC[C@H]21)CCCCCCCCc1cccnc1. The molecule has 3 atom stereocenters. The first-order chi connectivity index (χ1) is 20.4. The molecule has 226 valence electrons. The topological polar surface area (TPSA) is 38.2 Å². The average Bonchev–Trinajstić information content (AvgIpc) is 3.62. The molecule has 2 aromatic heterocycles. The van der Waals surface area contributed by atoms with E-state index in [0.29, 0.717) is 12.1 Å². The molecule has 1 aliphatic carbocycles. The average molecular weight is 560 g/mol. The Balaban J connectivity index is 0.951. The molecular formula is C37H57N3O. The van der Waals surface area contributed by atoms with E-state index in [9.17, 15) is 0 Å². The van der Waals surface area contributed by atoms with E-state index in [1.807, 2.05) is 36.9 Å². The maximum atomic E-state index is 6.55. The van der Waals surface area contributed by atoms with Crippen LogP contribution in [0.1, 0.15) is 133 Å². The Kier molecular flexibility index (Phi) is 15.5. The summed E-state index contributed by atoms with van der Waals surface area (Å²) < 4.78 is 0. The van der Waals surface area contributed by atoms with Gasteiger partial charge >= 0.3 is 0 Å². The fraction of sp³-hybridized carbons (Fsp3) is 0.676. The van der Waals surface area contributed by atoms with Gasteiger partial charge in [0.05, 0.1) is 6.10 Å². The maximum Gasteiger partial charge on any atom is 0.0837 e. The molecule has 0 N–H and O–H groups in total. The molecule has 0 aromatic carbocycles. The molecule has 0 unspecified atom stereocenters. The first kappa shape index (κ1) is 31.9. The molecule has 41 heavy (non-hydrogen) atoms. The van der Waals surface area contributed by atoms with Gasteiger partial charge in [0.2, 0.25) is 0 Å². The maximum absolute atomic E-state index is 6.55. The van der Waals surface area contributed by atoms with E-state index in [0.717, 1.165) is 12.5 Å². The fourth-order valence-corrected chi connectivity index (χ4v) is 6.95. The molecule has 0 amide bonds. The van der Waals surface area contributed by atoms with E-state index in [-0.39, 0.29) is 0 Å². The third kappa shape index (κ3) is 12.4. The lowest BCUT2D eigenvalue weighted by atomic mass is 9.93. The number of fused-ring (bicyclic) bond motifs is 1. The van der Waals surface area contributed by atoms with Gasteiger partial charge in [-0.15, -0.1) is 0 Å². The zero-order valence-corrected chi connectivity index (χ0v) is 25.8. The van der Waals surface area contributed by atoms with Crippen LogP contribution in [0, 0.1) is 5.92 Å². The van der Waals surface area contributed by atoms with Gasteiger partial charge in [0.15, 0.2) is 0 Å². The minimum atomic E-state index is 0.485. The first-order valence-electron chi connectivity index (χ1n) is 17.3. The molecule has 1 saturated carbocycles. The van der Waals surface area contributed by atoms with Crippen molar-refractivity contribution in [2.45, 2.75) is 147 Å². The van der Waals surface area contributed by atoms with E-state index >= 15 is 0 Å². The number of aryl methyl sites for hydroxylation is 2. The van der Waals surface area contributed by atoms with Crippen molar-refractivity contribution < 1.29 is 4.84 Å². The lowest BCUT2D eigenvalue weighted by Crippen LogP contribution is -2.29. The quantitative estimate of drug-likeness (QED) is 0.106. The minimum absolute atomic E-state index is 0.485. The van der Waals surface area contributed by atoms with Gasteiger partial charge in [-0.3, -0.25) is 14.8 Å². The van der Waals surface area contributed by atoms with Crippen molar-refractivity contribution in [1.82, 2.24) is 15.0 Å². The third-order valence-electron chi connectivity index (χ3n) is 9.30. The number of hydrogen-bond acceptors (Lipinski definition) is 4. The predicted octanol–water partition coefficient (Wildman–Crippen LogP) is 9.84.